The van der Waals surface area contributed by atoms with Gasteiger partial charge in [-0.05, 0) is 24.6 Å². The lowest BCUT2D eigenvalue weighted by molar-refractivity contribution is -0.117. The molecule has 1 aromatic heterocycles. The van der Waals surface area contributed by atoms with Crippen LogP contribution in [-0.4, -0.2) is 43.5 Å². The first-order valence-corrected chi connectivity index (χ1v) is 8.38. The molecule has 0 saturated heterocycles. The zero-order valence-corrected chi connectivity index (χ0v) is 14.8. The Bertz CT molecular complexity index is 675. The second-order valence-electron chi connectivity index (χ2n) is 4.86. The second kappa shape index (κ2) is 9.19. The van der Waals surface area contributed by atoms with E-state index in [1.807, 2.05) is 25.1 Å². The number of carbonyl (C=O) groups excluding carboxylic acids is 1. The molecule has 0 aliphatic carbocycles. The number of aromatic nitrogens is 2. The van der Waals surface area contributed by atoms with Crippen molar-refractivity contribution >= 4 is 22.4 Å². The van der Waals surface area contributed by atoms with E-state index in [9.17, 15) is 4.79 Å². The fourth-order valence-electron chi connectivity index (χ4n) is 2.03. The Morgan fingerprint density at radius 2 is 2.00 bits per heavy atom. The van der Waals surface area contributed by atoms with Crippen LogP contribution in [0.1, 0.15) is 23.9 Å². The molecule has 7 nitrogen and oxygen atoms in total. The van der Waals surface area contributed by atoms with Crippen molar-refractivity contribution in [2.45, 2.75) is 19.8 Å². The molecule has 0 unspecified atom stereocenters. The van der Waals surface area contributed by atoms with Crippen LogP contribution < -0.4 is 14.8 Å². The highest BCUT2D eigenvalue weighted by Crippen LogP contribution is 2.29. The average molecular weight is 351 g/mol. The molecule has 0 spiro atoms. The number of amides is 1. The normalized spacial score (nSPS) is 10.5. The largest absolute Gasteiger partial charge is 0.493 e. The summed E-state index contributed by atoms with van der Waals surface area (Å²) in [7, 11) is 3.20. The van der Waals surface area contributed by atoms with Gasteiger partial charge in [0.2, 0.25) is 11.0 Å². The number of anilines is 1. The molecule has 24 heavy (non-hydrogen) atoms. The molecule has 0 atom stereocenters. The molecule has 1 N–H and O–H groups in total. The van der Waals surface area contributed by atoms with Crippen LogP contribution in [0.4, 0.5) is 5.13 Å². The van der Waals surface area contributed by atoms with Gasteiger partial charge < -0.3 is 19.5 Å². The van der Waals surface area contributed by atoms with Crippen LogP contribution in [0.5, 0.6) is 11.5 Å². The number of carbonyl (C=O) groups is 1. The molecule has 8 heteroatoms. The molecule has 2 rings (SSSR count). The fraction of sp³-hybridized carbons (Fsp3) is 0.438. The van der Waals surface area contributed by atoms with E-state index < -0.39 is 0 Å². The molecule has 1 heterocycles. The van der Waals surface area contributed by atoms with E-state index in [1.54, 1.807) is 14.2 Å². The van der Waals surface area contributed by atoms with Gasteiger partial charge >= 0.3 is 0 Å². The van der Waals surface area contributed by atoms with Crippen LogP contribution in [0.15, 0.2) is 18.2 Å². The van der Waals surface area contributed by atoms with Crippen LogP contribution in [-0.2, 0) is 16.0 Å². The molecule has 130 valence electrons. The van der Waals surface area contributed by atoms with Gasteiger partial charge in [-0.3, -0.25) is 4.79 Å². The summed E-state index contributed by atoms with van der Waals surface area (Å²) >= 11 is 1.35. The van der Waals surface area contributed by atoms with E-state index in [4.69, 9.17) is 14.2 Å². The molecule has 2 aromatic rings. The minimum absolute atomic E-state index is 0.128. The van der Waals surface area contributed by atoms with E-state index in [0.717, 1.165) is 10.6 Å². The summed E-state index contributed by atoms with van der Waals surface area (Å²) in [5.41, 5.74) is 1.03. The number of methoxy groups -OCH3 is 2. The predicted octanol–water partition coefficient (Wildman–Crippen LogP) is 2.51. The molecular weight excluding hydrogens is 330 g/mol. The first kappa shape index (κ1) is 18.2. The number of nitrogens with one attached hydrogen (secondary N) is 1. The lowest BCUT2D eigenvalue weighted by atomic mass is 10.1. The Morgan fingerprint density at radius 3 is 2.71 bits per heavy atom. The highest BCUT2D eigenvalue weighted by molar-refractivity contribution is 7.15. The van der Waals surface area contributed by atoms with Crippen LogP contribution in [0.2, 0.25) is 0 Å². The minimum atomic E-state index is -0.128. The van der Waals surface area contributed by atoms with E-state index in [-0.39, 0.29) is 5.91 Å². The maximum atomic E-state index is 11.7. The Balaban J connectivity index is 1.95. The van der Waals surface area contributed by atoms with Gasteiger partial charge in [0.05, 0.1) is 27.2 Å². The van der Waals surface area contributed by atoms with Crippen LogP contribution in [0, 0.1) is 0 Å². The molecule has 0 bridgehead atoms. The quantitative estimate of drug-likeness (QED) is 0.699. The summed E-state index contributed by atoms with van der Waals surface area (Å²) in [6.07, 6.45) is 0.908. The monoisotopic (exact) mass is 351 g/mol. The van der Waals surface area contributed by atoms with E-state index in [1.165, 1.54) is 11.3 Å². The number of hydrogen-bond acceptors (Lipinski definition) is 7. The van der Waals surface area contributed by atoms with Crippen molar-refractivity contribution < 1.29 is 19.0 Å². The summed E-state index contributed by atoms with van der Waals surface area (Å²) in [4.78, 5) is 11.7. The number of benzene rings is 1. The Morgan fingerprint density at radius 1 is 1.21 bits per heavy atom. The molecule has 1 amide bonds. The van der Waals surface area contributed by atoms with Gasteiger partial charge in [0.15, 0.2) is 11.5 Å². The van der Waals surface area contributed by atoms with E-state index in [0.29, 0.717) is 42.7 Å². The second-order valence-corrected chi connectivity index (χ2v) is 5.92. The molecular formula is C16H21N3O4S. The number of hydrogen-bond donors (Lipinski definition) is 1. The molecule has 0 aliphatic rings. The maximum absolute atomic E-state index is 11.7. The number of nitrogens with zero attached hydrogens (tertiary/aromatic N) is 2. The van der Waals surface area contributed by atoms with Crippen molar-refractivity contribution in [2.24, 2.45) is 0 Å². The zero-order chi connectivity index (χ0) is 17.4. The lowest BCUT2D eigenvalue weighted by Gasteiger charge is -2.08. The van der Waals surface area contributed by atoms with Gasteiger partial charge in [-0.2, -0.15) is 0 Å². The van der Waals surface area contributed by atoms with Gasteiger partial charge in [0.25, 0.3) is 0 Å². The first-order valence-electron chi connectivity index (χ1n) is 7.57. The Labute approximate surface area is 145 Å². The lowest BCUT2D eigenvalue weighted by Crippen LogP contribution is -2.13. The number of rotatable bonds is 9. The molecule has 0 aliphatic heterocycles. The standard InChI is InChI=1S/C16H21N3O4S/c1-4-23-8-7-14(20)17-16-19-18-15(24-16)10-11-5-6-12(21-2)13(9-11)22-3/h5-6,9H,4,7-8,10H2,1-3H3,(H,17,19,20). The molecule has 0 fully saturated rings. The number of ether oxygens (including phenoxy) is 3. The summed E-state index contributed by atoms with van der Waals surface area (Å²) in [6, 6.07) is 5.70. The smallest absolute Gasteiger partial charge is 0.228 e. The van der Waals surface area contributed by atoms with Gasteiger partial charge in [-0.1, -0.05) is 17.4 Å². The summed E-state index contributed by atoms with van der Waals surface area (Å²) in [6.45, 7) is 2.89. The third-order valence-corrected chi connectivity index (χ3v) is 4.03. The van der Waals surface area contributed by atoms with Crippen molar-refractivity contribution in [3.8, 4) is 11.5 Å². The van der Waals surface area contributed by atoms with Crippen molar-refractivity contribution in [3.05, 3.63) is 28.8 Å². The van der Waals surface area contributed by atoms with Crippen molar-refractivity contribution in [1.82, 2.24) is 10.2 Å². The third-order valence-electron chi connectivity index (χ3n) is 3.19. The Hall–Kier alpha value is -2.19. The van der Waals surface area contributed by atoms with Crippen molar-refractivity contribution in [2.75, 3.05) is 32.8 Å². The topological polar surface area (TPSA) is 82.6 Å². The SMILES string of the molecule is CCOCCC(=O)Nc1nnc(Cc2ccc(OC)c(OC)c2)s1. The highest BCUT2D eigenvalue weighted by atomic mass is 32.1. The molecule has 1 aromatic carbocycles. The summed E-state index contributed by atoms with van der Waals surface area (Å²) < 4.78 is 15.7. The van der Waals surface area contributed by atoms with Gasteiger partial charge in [0.1, 0.15) is 5.01 Å². The fourth-order valence-corrected chi connectivity index (χ4v) is 2.82. The van der Waals surface area contributed by atoms with Crippen LogP contribution >= 0.6 is 11.3 Å². The third kappa shape index (κ3) is 5.17. The highest BCUT2D eigenvalue weighted by Gasteiger charge is 2.10. The minimum Gasteiger partial charge on any atom is -0.493 e. The van der Waals surface area contributed by atoms with Gasteiger partial charge in [0, 0.05) is 13.0 Å². The van der Waals surface area contributed by atoms with Crippen LogP contribution in [0.25, 0.3) is 0 Å². The first-order chi connectivity index (χ1) is 11.7. The van der Waals surface area contributed by atoms with Gasteiger partial charge in [-0.25, -0.2) is 0 Å². The molecule has 0 radical (unpaired) electrons. The summed E-state index contributed by atoms with van der Waals surface area (Å²) in [5.74, 6) is 1.22. The van der Waals surface area contributed by atoms with E-state index >= 15 is 0 Å². The maximum Gasteiger partial charge on any atom is 0.228 e. The zero-order valence-electron chi connectivity index (χ0n) is 14.0. The Kier molecular flexibility index (Phi) is 6.95. The van der Waals surface area contributed by atoms with Gasteiger partial charge in [-0.15, -0.1) is 10.2 Å². The van der Waals surface area contributed by atoms with E-state index in [2.05, 4.69) is 15.5 Å². The summed E-state index contributed by atoms with van der Waals surface area (Å²) in [5, 5.41) is 12.1. The molecule has 0 saturated carbocycles. The predicted molar refractivity (Wildman–Crippen MR) is 92.0 cm³/mol. The average Bonchev–Trinajstić information content (AvgIpc) is 3.01. The van der Waals surface area contributed by atoms with Crippen LogP contribution in [0.3, 0.4) is 0 Å². The van der Waals surface area contributed by atoms with Crippen molar-refractivity contribution in [1.29, 1.82) is 0 Å². The van der Waals surface area contributed by atoms with Crippen molar-refractivity contribution in [3.63, 3.8) is 0 Å².